The third-order valence-corrected chi connectivity index (χ3v) is 1.34. The Labute approximate surface area is 68.4 Å². The molecule has 0 fully saturated rings. The lowest BCUT2D eigenvalue weighted by molar-refractivity contribution is 0.308. The molecule has 0 amide bonds. The maximum Gasteiger partial charge on any atom is 0.324 e. The zero-order chi connectivity index (χ0) is 8.69. The van der Waals surface area contributed by atoms with Crippen molar-refractivity contribution in [1.82, 2.24) is 9.80 Å². The molecule has 1 heterocycles. The number of hydrogen-bond donors (Lipinski definition) is 1. The van der Waals surface area contributed by atoms with Crippen LogP contribution in [0.5, 0.6) is 0 Å². The number of rotatable bonds is 1. The van der Waals surface area contributed by atoms with Crippen molar-refractivity contribution < 1.29 is 9.46 Å². The summed E-state index contributed by atoms with van der Waals surface area (Å²) in [5, 5.41) is 0. The van der Waals surface area contributed by atoms with Gasteiger partial charge >= 0.3 is 8.69 Å². The highest BCUT2D eigenvalue weighted by molar-refractivity contribution is 7.16. The third kappa shape index (κ3) is 4.76. The summed E-state index contributed by atoms with van der Waals surface area (Å²) in [5.41, 5.74) is 0. The average Bonchev–Trinajstić information content (AvgIpc) is 2.37. The highest BCUT2D eigenvalue weighted by Crippen LogP contribution is 2.00. The molecule has 0 bridgehead atoms. The summed E-state index contributed by atoms with van der Waals surface area (Å²) in [5.74, 6) is 0. The standard InChI is InChI=1S/C6H12N2.HO2P/c1-3-8-5-4-7(2)6-8;1-3-2/h4-5H,3,6H2,1-2H3;(H,1,2). The molecule has 11 heavy (non-hydrogen) atoms. The first-order chi connectivity index (χ1) is 5.24. The predicted octanol–water partition coefficient (Wildman–Crippen LogP) is 0.868. The fraction of sp³-hybridized carbons (Fsp3) is 0.667. The molecule has 4 nitrogen and oxygen atoms in total. The van der Waals surface area contributed by atoms with E-state index in [1.54, 1.807) is 0 Å². The smallest absolute Gasteiger partial charge is 0.324 e. The summed E-state index contributed by atoms with van der Waals surface area (Å²) < 4.78 is 8.46. The van der Waals surface area contributed by atoms with Crippen LogP contribution in [-0.2, 0) is 4.57 Å². The molecule has 0 atom stereocenters. The van der Waals surface area contributed by atoms with Crippen LogP contribution in [0, 0.1) is 0 Å². The zero-order valence-electron chi connectivity index (χ0n) is 6.77. The summed E-state index contributed by atoms with van der Waals surface area (Å²) in [6.45, 7) is 4.32. The van der Waals surface area contributed by atoms with Gasteiger partial charge in [0.15, 0.2) is 0 Å². The maximum atomic E-state index is 8.46. The average molecular weight is 176 g/mol. The summed E-state index contributed by atoms with van der Waals surface area (Å²) in [7, 11) is 1.24. The molecule has 0 aliphatic carbocycles. The molecule has 1 aliphatic heterocycles. The quantitative estimate of drug-likeness (QED) is 0.602. The molecule has 0 aromatic heterocycles. The molecule has 0 aromatic carbocycles. The molecule has 0 aromatic rings. The molecular weight excluding hydrogens is 163 g/mol. The summed E-state index contributed by atoms with van der Waals surface area (Å²) >= 11 is 0. The molecule has 0 unspecified atom stereocenters. The molecule has 1 rings (SSSR count). The Morgan fingerprint density at radius 2 is 2.18 bits per heavy atom. The van der Waals surface area contributed by atoms with Gasteiger partial charge in [0.1, 0.15) is 0 Å². The normalized spacial score (nSPS) is 15.2. The molecule has 1 aliphatic rings. The van der Waals surface area contributed by atoms with Crippen molar-refractivity contribution in [3.63, 3.8) is 0 Å². The van der Waals surface area contributed by atoms with Crippen LogP contribution in [0.4, 0.5) is 0 Å². The lowest BCUT2D eigenvalue weighted by Gasteiger charge is -2.14. The molecule has 5 heteroatoms. The van der Waals surface area contributed by atoms with Crippen LogP contribution in [0.15, 0.2) is 12.4 Å². The van der Waals surface area contributed by atoms with Crippen molar-refractivity contribution in [1.29, 1.82) is 0 Å². The molecular formula is C6H13N2O2P. The Morgan fingerprint density at radius 3 is 2.36 bits per heavy atom. The van der Waals surface area contributed by atoms with Crippen molar-refractivity contribution in [3.8, 4) is 0 Å². The Balaban J connectivity index is 0.000000292. The minimum Gasteiger partial charge on any atom is -0.362 e. The molecule has 0 saturated heterocycles. The van der Waals surface area contributed by atoms with Crippen molar-refractivity contribution in [2.45, 2.75) is 6.92 Å². The van der Waals surface area contributed by atoms with E-state index in [1.165, 1.54) is 0 Å². The van der Waals surface area contributed by atoms with Crippen LogP contribution in [0.2, 0.25) is 0 Å². The van der Waals surface area contributed by atoms with Crippen molar-refractivity contribution in [3.05, 3.63) is 12.4 Å². The zero-order valence-corrected chi connectivity index (χ0v) is 7.66. The minimum absolute atomic E-state index is 0.833. The number of nitrogens with zero attached hydrogens (tertiary/aromatic N) is 2. The first kappa shape index (κ1) is 10.4. The second-order valence-corrected chi connectivity index (χ2v) is 2.35. The summed E-state index contributed by atoms with van der Waals surface area (Å²) in [4.78, 5) is 11.4. The van der Waals surface area contributed by atoms with E-state index in [-0.39, 0.29) is 0 Å². The van der Waals surface area contributed by atoms with E-state index < -0.39 is 8.69 Å². The highest BCUT2D eigenvalue weighted by atomic mass is 31.1. The van der Waals surface area contributed by atoms with E-state index in [2.05, 4.69) is 36.2 Å². The Bertz CT molecular complexity index is 141. The topological polar surface area (TPSA) is 43.8 Å². The van der Waals surface area contributed by atoms with Gasteiger partial charge in [0.05, 0.1) is 6.67 Å². The summed E-state index contributed by atoms with van der Waals surface area (Å²) in [6, 6.07) is 0. The van der Waals surface area contributed by atoms with E-state index in [0.717, 1.165) is 13.2 Å². The van der Waals surface area contributed by atoms with Gasteiger partial charge in [-0.05, 0) is 6.92 Å². The highest BCUT2D eigenvalue weighted by Gasteiger charge is 2.03. The van der Waals surface area contributed by atoms with E-state index in [0.29, 0.717) is 0 Å². The molecule has 0 spiro atoms. The van der Waals surface area contributed by atoms with Crippen LogP contribution in [0.3, 0.4) is 0 Å². The van der Waals surface area contributed by atoms with Gasteiger partial charge in [-0.25, -0.2) is 4.57 Å². The maximum absolute atomic E-state index is 8.46. The third-order valence-electron chi connectivity index (χ3n) is 1.34. The second kappa shape index (κ2) is 6.13. The van der Waals surface area contributed by atoms with Gasteiger partial charge in [-0.1, -0.05) is 0 Å². The molecule has 0 radical (unpaired) electrons. The van der Waals surface area contributed by atoms with Gasteiger partial charge < -0.3 is 14.7 Å². The van der Waals surface area contributed by atoms with Gasteiger partial charge in [-0.15, -0.1) is 0 Å². The largest absolute Gasteiger partial charge is 0.362 e. The van der Waals surface area contributed by atoms with E-state index in [9.17, 15) is 0 Å². The fourth-order valence-corrected chi connectivity index (χ4v) is 0.794. The van der Waals surface area contributed by atoms with Crippen LogP contribution < -0.4 is 0 Å². The lowest BCUT2D eigenvalue weighted by Crippen LogP contribution is -2.21. The van der Waals surface area contributed by atoms with Gasteiger partial charge in [0.25, 0.3) is 0 Å². The Kier molecular flexibility index (Phi) is 5.80. The first-order valence-electron chi connectivity index (χ1n) is 3.34. The van der Waals surface area contributed by atoms with E-state index >= 15 is 0 Å². The predicted molar refractivity (Wildman–Crippen MR) is 44.0 cm³/mol. The molecule has 1 N–H and O–H groups in total. The molecule has 0 saturated carbocycles. The van der Waals surface area contributed by atoms with Gasteiger partial charge in [-0.2, -0.15) is 0 Å². The molecule has 64 valence electrons. The Hall–Kier alpha value is -0.600. The van der Waals surface area contributed by atoms with Crippen molar-refractivity contribution >= 4 is 8.69 Å². The van der Waals surface area contributed by atoms with E-state index in [1.807, 2.05) is 0 Å². The van der Waals surface area contributed by atoms with Crippen LogP contribution >= 0.6 is 8.69 Å². The monoisotopic (exact) mass is 176 g/mol. The number of hydrogen-bond acceptors (Lipinski definition) is 3. The minimum atomic E-state index is -0.833. The van der Waals surface area contributed by atoms with Crippen LogP contribution in [-0.4, -0.2) is 35.0 Å². The Morgan fingerprint density at radius 1 is 1.64 bits per heavy atom. The van der Waals surface area contributed by atoms with Crippen LogP contribution in [0.25, 0.3) is 0 Å². The summed E-state index contributed by atoms with van der Waals surface area (Å²) in [6.07, 6.45) is 4.20. The second-order valence-electron chi connectivity index (χ2n) is 2.18. The van der Waals surface area contributed by atoms with Gasteiger partial charge in [-0.3, -0.25) is 0 Å². The fourth-order valence-electron chi connectivity index (χ4n) is 0.794. The van der Waals surface area contributed by atoms with Crippen LogP contribution in [0.1, 0.15) is 6.92 Å². The lowest BCUT2D eigenvalue weighted by atomic mass is 10.6. The van der Waals surface area contributed by atoms with Crippen molar-refractivity contribution in [2.75, 3.05) is 20.3 Å². The van der Waals surface area contributed by atoms with E-state index in [4.69, 9.17) is 9.46 Å². The first-order valence-corrected chi connectivity index (χ1v) is 4.10. The SMILES string of the molecule is CCN1C=CN(C)C1.O=PO. The van der Waals surface area contributed by atoms with Gasteiger partial charge in [0, 0.05) is 26.0 Å². The van der Waals surface area contributed by atoms with Gasteiger partial charge in [0.2, 0.25) is 0 Å². The van der Waals surface area contributed by atoms with Crippen molar-refractivity contribution in [2.24, 2.45) is 0 Å².